The molecule has 0 bridgehead atoms. The number of aryl methyl sites for hydroxylation is 1. The average molecular weight is 337 g/mol. The Kier molecular flexibility index (Phi) is 4.49. The molecule has 2 heterocycles. The van der Waals surface area contributed by atoms with E-state index in [0.29, 0.717) is 23.7 Å². The first kappa shape index (κ1) is 17.0. The molecule has 5 heteroatoms. The number of rotatable bonds is 4. The van der Waals surface area contributed by atoms with E-state index in [1.165, 1.54) is 11.8 Å². The molecule has 0 fully saturated rings. The molecule has 0 aliphatic heterocycles. The lowest BCUT2D eigenvalue weighted by Crippen LogP contribution is -2.16. The molecule has 2 aromatic heterocycles. The Labute approximate surface area is 147 Å². The monoisotopic (exact) mass is 337 g/mol. The summed E-state index contributed by atoms with van der Waals surface area (Å²) < 4.78 is 6.96. The summed E-state index contributed by atoms with van der Waals surface area (Å²) in [6.45, 7) is 8.95. The standard InChI is InChI=1S/C20H23N3O2/c1-14-17(10-12-25-14)19(24)22-18-9-11-21-23(18)13-15-5-7-16(8-6-15)20(2,3)4/h5-12H,13H2,1-4H3,(H,22,24). The zero-order valence-corrected chi connectivity index (χ0v) is 15.0. The summed E-state index contributed by atoms with van der Waals surface area (Å²) in [4.78, 5) is 12.3. The van der Waals surface area contributed by atoms with Crippen molar-refractivity contribution in [2.45, 2.75) is 39.7 Å². The quantitative estimate of drug-likeness (QED) is 0.768. The summed E-state index contributed by atoms with van der Waals surface area (Å²) in [6, 6.07) is 12.0. The molecule has 0 aliphatic rings. The molecule has 3 aromatic rings. The number of benzene rings is 1. The van der Waals surface area contributed by atoms with Gasteiger partial charge in [-0.15, -0.1) is 0 Å². The number of nitrogens with one attached hydrogen (secondary N) is 1. The molecule has 0 radical (unpaired) electrons. The van der Waals surface area contributed by atoms with Crippen molar-refractivity contribution in [2.75, 3.05) is 5.32 Å². The second kappa shape index (κ2) is 6.59. The summed E-state index contributed by atoms with van der Waals surface area (Å²) in [5.41, 5.74) is 3.08. The Morgan fingerprint density at radius 3 is 2.48 bits per heavy atom. The Balaban J connectivity index is 1.74. The van der Waals surface area contributed by atoms with Gasteiger partial charge in [-0.05, 0) is 29.5 Å². The third-order valence-electron chi connectivity index (χ3n) is 4.21. The van der Waals surface area contributed by atoms with Gasteiger partial charge >= 0.3 is 0 Å². The molecule has 1 N–H and O–H groups in total. The molecular weight excluding hydrogens is 314 g/mol. The normalized spacial score (nSPS) is 11.5. The van der Waals surface area contributed by atoms with Gasteiger partial charge in [0.15, 0.2) is 0 Å². The van der Waals surface area contributed by atoms with Crippen molar-refractivity contribution >= 4 is 11.7 Å². The Hall–Kier alpha value is -2.82. The second-order valence-electron chi connectivity index (χ2n) is 7.17. The van der Waals surface area contributed by atoms with Crippen LogP contribution < -0.4 is 5.32 Å². The topological polar surface area (TPSA) is 60.1 Å². The minimum absolute atomic E-state index is 0.131. The molecule has 25 heavy (non-hydrogen) atoms. The Morgan fingerprint density at radius 2 is 1.88 bits per heavy atom. The summed E-state index contributed by atoms with van der Waals surface area (Å²) in [5.74, 6) is 1.06. The van der Waals surface area contributed by atoms with E-state index < -0.39 is 0 Å². The molecule has 130 valence electrons. The number of aromatic nitrogens is 2. The lowest BCUT2D eigenvalue weighted by atomic mass is 9.87. The van der Waals surface area contributed by atoms with E-state index in [4.69, 9.17) is 4.42 Å². The van der Waals surface area contributed by atoms with E-state index in [2.05, 4.69) is 55.5 Å². The largest absolute Gasteiger partial charge is 0.469 e. The van der Waals surface area contributed by atoms with Crippen molar-refractivity contribution in [2.24, 2.45) is 0 Å². The first-order chi connectivity index (χ1) is 11.8. The van der Waals surface area contributed by atoms with Crippen molar-refractivity contribution in [3.8, 4) is 0 Å². The number of anilines is 1. The third-order valence-corrected chi connectivity index (χ3v) is 4.21. The number of carbonyl (C=O) groups is 1. The van der Waals surface area contributed by atoms with Gasteiger partial charge in [0.05, 0.1) is 24.6 Å². The maximum absolute atomic E-state index is 12.3. The first-order valence-electron chi connectivity index (χ1n) is 8.31. The van der Waals surface area contributed by atoms with Crippen molar-refractivity contribution in [1.29, 1.82) is 0 Å². The van der Waals surface area contributed by atoms with Crippen LogP contribution in [-0.4, -0.2) is 15.7 Å². The minimum Gasteiger partial charge on any atom is -0.469 e. The second-order valence-corrected chi connectivity index (χ2v) is 7.17. The smallest absolute Gasteiger partial charge is 0.260 e. The van der Waals surface area contributed by atoms with Crippen LogP contribution in [-0.2, 0) is 12.0 Å². The Morgan fingerprint density at radius 1 is 1.16 bits per heavy atom. The van der Waals surface area contributed by atoms with Gasteiger partial charge < -0.3 is 9.73 Å². The van der Waals surface area contributed by atoms with Crippen LogP contribution in [0.5, 0.6) is 0 Å². The third kappa shape index (κ3) is 3.82. The van der Waals surface area contributed by atoms with Crippen LogP contribution in [0.25, 0.3) is 0 Å². The molecule has 0 unspecified atom stereocenters. The number of carbonyl (C=O) groups excluding carboxylic acids is 1. The average Bonchev–Trinajstić information content (AvgIpc) is 3.16. The molecule has 0 atom stereocenters. The van der Waals surface area contributed by atoms with Crippen molar-refractivity contribution in [3.05, 3.63) is 71.3 Å². The van der Waals surface area contributed by atoms with Crippen LogP contribution >= 0.6 is 0 Å². The molecule has 0 saturated heterocycles. The van der Waals surface area contributed by atoms with Crippen LogP contribution in [0.4, 0.5) is 5.82 Å². The molecule has 0 aliphatic carbocycles. The van der Waals surface area contributed by atoms with Gasteiger partial charge in [-0.1, -0.05) is 45.0 Å². The van der Waals surface area contributed by atoms with Crippen molar-refractivity contribution in [1.82, 2.24) is 9.78 Å². The summed E-state index contributed by atoms with van der Waals surface area (Å²) in [5, 5.41) is 7.21. The van der Waals surface area contributed by atoms with E-state index in [1.807, 2.05) is 0 Å². The predicted molar refractivity (Wildman–Crippen MR) is 97.9 cm³/mol. The maximum atomic E-state index is 12.3. The highest BCUT2D eigenvalue weighted by Gasteiger charge is 2.15. The summed E-state index contributed by atoms with van der Waals surface area (Å²) in [7, 11) is 0. The van der Waals surface area contributed by atoms with Gasteiger partial charge in [-0.2, -0.15) is 5.10 Å². The lowest BCUT2D eigenvalue weighted by molar-refractivity contribution is 0.102. The molecule has 3 rings (SSSR count). The molecule has 0 spiro atoms. The molecule has 5 nitrogen and oxygen atoms in total. The number of hydrogen-bond donors (Lipinski definition) is 1. The first-order valence-corrected chi connectivity index (χ1v) is 8.31. The molecular formula is C20H23N3O2. The van der Waals surface area contributed by atoms with Crippen molar-refractivity contribution < 1.29 is 9.21 Å². The van der Waals surface area contributed by atoms with Gasteiger partial charge in [0.2, 0.25) is 0 Å². The highest BCUT2D eigenvalue weighted by molar-refractivity contribution is 6.04. The van der Waals surface area contributed by atoms with E-state index in [9.17, 15) is 4.79 Å². The van der Waals surface area contributed by atoms with Crippen LogP contribution in [0, 0.1) is 6.92 Å². The van der Waals surface area contributed by atoms with Crippen LogP contribution in [0.1, 0.15) is 48.0 Å². The van der Waals surface area contributed by atoms with Gasteiger partial charge in [-0.25, -0.2) is 4.68 Å². The fraction of sp³-hybridized carbons (Fsp3) is 0.300. The summed E-state index contributed by atoms with van der Waals surface area (Å²) in [6.07, 6.45) is 3.19. The van der Waals surface area contributed by atoms with E-state index in [0.717, 1.165) is 5.56 Å². The number of hydrogen-bond acceptors (Lipinski definition) is 3. The van der Waals surface area contributed by atoms with E-state index >= 15 is 0 Å². The predicted octanol–water partition coefficient (Wildman–Crippen LogP) is 4.38. The lowest BCUT2D eigenvalue weighted by Gasteiger charge is -2.19. The highest BCUT2D eigenvalue weighted by Crippen LogP contribution is 2.22. The summed E-state index contributed by atoms with van der Waals surface area (Å²) >= 11 is 0. The van der Waals surface area contributed by atoms with Crippen molar-refractivity contribution in [3.63, 3.8) is 0 Å². The van der Waals surface area contributed by atoms with E-state index in [1.54, 1.807) is 29.9 Å². The number of furan rings is 1. The fourth-order valence-electron chi connectivity index (χ4n) is 2.65. The van der Waals surface area contributed by atoms with Crippen LogP contribution in [0.15, 0.2) is 53.3 Å². The Bertz CT molecular complexity index is 867. The number of amides is 1. The van der Waals surface area contributed by atoms with Gasteiger partial charge in [0, 0.05) is 6.07 Å². The highest BCUT2D eigenvalue weighted by atomic mass is 16.3. The minimum atomic E-state index is -0.198. The molecule has 1 aromatic carbocycles. The molecule has 0 saturated carbocycles. The van der Waals surface area contributed by atoms with E-state index in [-0.39, 0.29) is 11.3 Å². The van der Waals surface area contributed by atoms with Crippen LogP contribution in [0.3, 0.4) is 0 Å². The molecule has 1 amide bonds. The van der Waals surface area contributed by atoms with Gasteiger partial charge in [0.1, 0.15) is 11.6 Å². The maximum Gasteiger partial charge on any atom is 0.260 e. The zero-order valence-electron chi connectivity index (χ0n) is 15.0. The zero-order chi connectivity index (χ0) is 18.0. The van der Waals surface area contributed by atoms with Gasteiger partial charge in [0.25, 0.3) is 5.91 Å². The SMILES string of the molecule is Cc1occc1C(=O)Nc1ccnn1Cc1ccc(C(C)(C)C)cc1. The number of nitrogens with zero attached hydrogens (tertiary/aromatic N) is 2. The fourth-order valence-corrected chi connectivity index (χ4v) is 2.65. The van der Waals surface area contributed by atoms with Crippen LogP contribution in [0.2, 0.25) is 0 Å². The van der Waals surface area contributed by atoms with Gasteiger partial charge in [-0.3, -0.25) is 4.79 Å².